The number of halogens is 3. The second-order valence-electron chi connectivity index (χ2n) is 2.22. The fourth-order valence-electron chi connectivity index (χ4n) is 0.756. The molecule has 0 bridgehead atoms. The second kappa shape index (κ2) is 3.37. The Morgan fingerprint density at radius 1 is 1.36 bits per heavy atom. The second-order valence-corrected chi connectivity index (χ2v) is 4.06. The Bertz CT molecular complexity index is 273. The number of nitrogens with two attached hydrogens (primary N) is 1. The molecule has 0 aliphatic heterocycles. The lowest BCUT2D eigenvalue weighted by atomic mass is 10.2. The third kappa shape index (κ3) is 1.73. The average Bonchev–Trinajstić information content (AvgIpc) is 1.97. The first-order chi connectivity index (χ1) is 5.04. The molecule has 11 heavy (non-hydrogen) atoms. The van der Waals surface area contributed by atoms with Crippen molar-refractivity contribution in [3.8, 4) is 0 Å². The molecule has 0 fully saturated rings. The zero-order chi connectivity index (χ0) is 8.59. The molecule has 0 aromatic heterocycles. The van der Waals surface area contributed by atoms with E-state index >= 15 is 0 Å². The Balaban J connectivity index is 3.46. The maximum absolute atomic E-state index is 5.87. The van der Waals surface area contributed by atoms with Crippen molar-refractivity contribution in [3.05, 3.63) is 25.2 Å². The Morgan fingerprint density at radius 2 is 1.91 bits per heavy atom. The van der Waals surface area contributed by atoms with Crippen molar-refractivity contribution in [2.24, 2.45) is 0 Å². The Hall–Kier alpha value is 0.330. The monoisotopic (exact) mass is 301 g/mol. The van der Waals surface area contributed by atoms with E-state index in [0.29, 0.717) is 15.7 Å². The van der Waals surface area contributed by atoms with Gasteiger partial charge in [0, 0.05) is 5.69 Å². The highest BCUT2D eigenvalue weighted by Crippen LogP contribution is 2.33. The molecule has 0 spiro atoms. The molecule has 0 saturated heterocycles. The van der Waals surface area contributed by atoms with Crippen LogP contribution in [0.3, 0.4) is 0 Å². The van der Waals surface area contributed by atoms with Crippen molar-refractivity contribution >= 4 is 51.5 Å². The number of anilines is 1. The first kappa shape index (κ1) is 9.42. The van der Waals surface area contributed by atoms with Crippen molar-refractivity contribution in [2.75, 3.05) is 5.73 Å². The van der Waals surface area contributed by atoms with Crippen molar-refractivity contribution in [1.82, 2.24) is 0 Å². The van der Waals surface area contributed by atoms with E-state index in [9.17, 15) is 0 Å². The molecule has 1 aromatic rings. The largest absolute Gasteiger partial charge is 0.398 e. The molecule has 0 aliphatic carbocycles. The minimum Gasteiger partial charge on any atom is -0.398 e. The van der Waals surface area contributed by atoms with Crippen LogP contribution in [-0.4, -0.2) is 0 Å². The minimum atomic E-state index is 0.546. The molecular formula is C7H6Cl2IN. The number of aryl methyl sites for hydroxylation is 1. The maximum atomic E-state index is 5.87. The molecule has 0 amide bonds. The van der Waals surface area contributed by atoms with Gasteiger partial charge in [0.1, 0.15) is 0 Å². The summed E-state index contributed by atoms with van der Waals surface area (Å²) < 4.78 is 0.819. The van der Waals surface area contributed by atoms with E-state index in [1.807, 2.05) is 13.0 Å². The molecule has 1 rings (SSSR count). The summed E-state index contributed by atoms with van der Waals surface area (Å²) in [4.78, 5) is 0. The Labute approximate surface area is 89.0 Å². The van der Waals surface area contributed by atoms with E-state index < -0.39 is 0 Å². The summed E-state index contributed by atoms with van der Waals surface area (Å²) in [6.45, 7) is 1.88. The highest BCUT2D eigenvalue weighted by Gasteiger charge is 2.08. The Kier molecular flexibility index (Phi) is 2.89. The van der Waals surface area contributed by atoms with Crippen LogP contribution in [0.5, 0.6) is 0 Å². The standard InChI is InChI=1S/C7H6Cl2IN/c1-3-2-4(11)7(10)6(9)5(3)8/h2H,11H2,1H3. The smallest absolute Gasteiger partial charge is 0.0749 e. The topological polar surface area (TPSA) is 26.0 Å². The summed E-state index contributed by atoms with van der Waals surface area (Å²) in [5.41, 5.74) is 7.23. The van der Waals surface area contributed by atoms with Crippen LogP contribution in [0.15, 0.2) is 6.07 Å². The van der Waals surface area contributed by atoms with Gasteiger partial charge in [0.15, 0.2) is 0 Å². The van der Waals surface area contributed by atoms with Crippen molar-refractivity contribution in [1.29, 1.82) is 0 Å². The van der Waals surface area contributed by atoms with Gasteiger partial charge in [0.25, 0.3) is 0 Å². The van der Waals surface area contributed by atoms with E-state index in [2.05, 4.69) is 22.6 Å². The van der Waals surface area contributed by atoms with Crippen LogP contribution < -0.4 is 5.73 Å². The van der Waals surface area contributed by atoms with Gasteiger partial charge in [-0.3, -0.25) is 0 Å². The minimum absolute atomic E-state index is 0.546. The number of hydrogen-bond acceptors (Lipinski definition) is 1. The molecule has 0 unspecified atom stereocenters. The zero-order valence-corrected chi connectivity index (χ0v) is 9.46. The van der Waals surface area contributed by atoms with Gasteiger partial charge >= 0.3 is 0 Å². The van der Waals surface area contributed by atoms with Crippen LogP contribution >= 0.6 is 45.8 Å². The van der Waals surface area contributed by atoms with Crippen LogP contribution in [0.4, 0.5) is 5.69 Å². The number of benzene rings is 1. The van der Waals surface area contributed by atoms with E-state index in [1.165, 1.54) is 0 Å². The van der Waals surface area contributed by atoms with Gasteiger partial charge in [-0.2, -0.15) is 0 Å². The normalized spacial score (nSPS) is 10.2. The van der Waals surface area contributed by atoms with Gasteiger partial charge in [-0.25, -0.2) is 0 Å². The summed E-state index contributed by atoms with van der Waals surface area (Å²) in [5, 5.41) is 1.13. The third-order valence-electron chi connectivity index (χ3n) is 1.36. The van der Waals surface area contributed by atoms with Crippen LogP contribution in [0.25, 0.3) is 0 Å². The lowest BCUT2D eigenvalue weighted by molar-refractivity contribution is 1.45. The number of nitrogen functional groups attached to an aromatic ring is 1. The molecule has 0 radical (unpaired) electrons. The van der Waals surface area contributed by atoms with Gasteiger partial charge in [0.2, 0.25) is 0 Å². The molecule has 1 aromatic carbocycles. The molecule has 4 heteroatoms. The van der Waals surface area contributed by atoms with Crippen LogP contribution in [0.2, 0.25) is 10.0 Å². The molecule has 60 valence electrons. The van der Waals surface area contributed by atoms with E-state index in [0.717, 1.165) is 9.13 Å². The van der Waals surface area contributed by atoms with Gasteiger partial charge in [-0.15, -0.1) is 0 Å². The fourth-order valence-corrected chi connectivity index (χ4v) is 1.75. The summed E-state index contributed by atoms with van der Waals surface area (Å²) in [5.74, 6) is 0. The van der Waals surface area contributed by atoms with Crippen molar-refractivity contribution in [2.45, 2.75) is 6.92 Å². The summed E-state index contributed by atoms with van der Waals surface area (Å²) in [7, 11) is 0. The molecule has 0 atom stereocenters. The van der Waals surface area contributed by atoms with Crippen molar-refractivity contribution in [3.63, 3.8) is 0 Å². The summed E-state index contributed by atoms with van der Waals surface area (Å²) >= 11 is 13.8. The molecule has 2 N–H and O–H groups in total. The van der Waals surface area contributed by atoms with E-state index in [-0.39, 0.29) is 0 Å². The average molecular weight is 302 g/mol. The quantitative estimate of drug-likeness (QED) is 0.443. The van der Waals surface area contributed by atoms with Crippen LogP contribution in [-0.2, 0) is 0 Å². The molecule has 0 saturated carbocycles. The highest BCUT2D eigenvalue weighted by molar-refractivity contribution is 14.1. The fraction of sp³-hybridized carbons (Fsp3) is 0.143. The zero-order valence-electron chi connectivity index (χ0n) is 5.79. The summed E-state index contributed by atoms with van der Waals surface area (Å²) in [6, 6.07) is 1.82. The molecule has 1 nitrogen and oxygen atoms in total. The Morgan fingerprint density at radius 3 is 2.45 bits per heavy atom. The molecular weight excluding hydrogens is 296 g/mol. The van der Waals surface area contributed by atoms with Crippen LogP contribution in [0.1, 0.15) is 5.56 Å². The third-order valence-corrected chi connectivity index (χ3v) is 3.80. The summed E-state index contributed by atoms with van der Waals surface area (Å²) in [6.07, 6.45) is 0. The highest BCUT2D eigenvalue weighted by atomic mass is 127. The van der Waals surface area contributed by atoms with Gasteiger partial charge in [-0.1, -0.05) is 23.2 Å². The maximum Gasteiger partial charge on any atom is 0.0749 e. The first-order valence-electron chi connectivity index (χ1n) is 2.93. The number of hydrogen-bond donors (Lipinski definition) is 1. The van der Waals surface area contributed by atoms with E-state index in [4.69, 9.17) is 28.9 Å². The van der Waals surface area contributed by atoms with E-state index in [1.54, 1.807) is 0 Å². The van der Waals surface area contributed by atoms with Gasteiger partial charge in [0.05, 0.1) is 13.6 Å². The van der Waals surface area contributed by atoms with Crippen LogP contribution in [0, 0.1) is 10.5 Å². The van der Waals surface area contributed by atoms with Crippen molar-refractivity contribution < 1.29 is 0 Å². The predicted octanol–water partition coefficient (Wildman–Crippen LogP) is 3.49. The predicted molar refractivity (Wildman–Crippen MR) is 58.3 cm³/mol. The van der Waals surface area contributed by atoms with Gasteiger partial charge in [-0.05, 0) is 41.1 Å². The number of rotatable bonds is 0. The van der Waals surface area contributed by atoms with Gasteiger partial charge < -0.3 is 5.73 Å². The lowest BCUT2D eigenvalue weighted by Crippen LogP contribution is -1.92. The molecule has 0 heterocycles. The molecule has 0 aliphatic rings. The SMILES string of the molecule is Cc1cc(N)c(I)c(Cl)c1Cl. The lowest BCUT2D eigenvalue weighted by Gasteiger charge is -2.05. The first-order valence-corrected chi connectivity index (χ1v) is 4.77.